The summed E-state index contributed by atoms with van der Waals surface area (Å²) < 4.78 is 1.92. The highest BCUT2D eigenvalue weighted by atomic mass is 16.2. The summed E-state index contributed by atoms with van der Waals surface area (Å²) in [6.45, 7) is 4.01. The number of carbonyl (C=O) groups excluding carboxylic acids is 1. The van der Waals surface area contributed by atoms with Crippen LogP contribution < -0.4 is 5.43 Å². The molecule has 0 unspecified atom stereocenters. The number of carbonyl (C=O) groups is 1. The Kier molecular flexibility index (Phi) is 4.56. The first-order chi connectivity index (χ1) is 14.0. The van der Waals surface area contributed by atoms with Gasteiger partial charge in [0, 0.05) is 12.0 Å². The van der Waals surface area contributed by atoms with E-state index in [1.807, 2.05) is 48.9 Å². The largest absolute Gasteiger partial charge is 0.273 e. The molecule has 6 rings (SSSR count). The van der Waals surface area contributed by atoms with E-state index < -0.39 is 0 Å². The van der Waals surface area contributed by atoms with Crippen LogP contribution in [0.5, 0.6) is 0 Å². The molecule has 152 valence electrons. The third-order valence-electron chi connectivity index (χ3n) is 7.43. The number of aromatic nitrogens is 2. The first-order valence-electron chi connectivity index (χ1n) is 10.9. The van der Waals surface area contributed by atoms with Crippen molar-refractivity contribution >= 4 is 12.1 Å². The van der Waals surface area contributed by atoms with Gasteiger partial charge in [0.25, 0.3) is 0 Å². The molecule has 4 aliphatic carbocycles. The number of nitrogens with zero attached hydrogens (tertiary/aromatic N) is 3. The molecule has 4 bridgehead atoms. The van der Waals surface area contributed by atoms with E-state index in [9.17, 15) is 4.79 Å². The molecule has 0 aliphatic heterocycles. The average molecular weight is 391 g/mol. The van der Waals surface area contributed by atoms with Crippen molar-refractivity contribution in [3.8, 4) is 5.69 Å². The van der Waals surface area contributed by atoms with E-state index in [0.717, 1.165) is 40.4 Å². The van der Waals surface area contributed by atoms with Crippen molar-refractivity contribution in [2.75, 3.05) is 0 Å². The summed E-state index contributed by atoms with van der Waals surface area (Å²) in [4.78, 5) is 12.7. The molecule has 1 N–H and O–H groups in total. The van der Waals surface area contributed by atoms with E-state index in [1.165, 1.54) is 38.5 Å². The van der Waals surface area contributed by atoms with E-state index >= 15 is 0 Å². The number of amides is 1. The van der Waals surface area contributed by atoms with Crippen LogP contribution in [0.2, 0.25) is 0 Å². The van der Waals surface area contributed by atoms with Crippen molar-refractivity contribution in [1.29, 1.82) is 0 Å². The SMILES string of the molecule is Cc1nn(-c2ccccc2)c(C)c1/C=N\NC(=O)CC12CC3CC(CC(C3)C1)C2. The lowest BCUT2D eigenvalue weighted by Crippen LogP contribution is -2.47. The molecule has 1 amide bonds. The van der Waals surface area contributed by atoms with Crippen molar-refractivity contribution in [2.45, 2.75) is 58.8 Å². The molecule has 4 fully saturated rings. The predicted octanol–water partition coefficient (Wildman–Crippen LogP) is 4.55. The summed E-state index contributed by atoms with van der Waals surface area (Å²) in [6.07, 6.45) is 10.3. The second-order valence-corrected chi connectivity index (χ2v) is 9.72. The van der Waals surface area contributed by atoms with Crippen LogP contribution in [-0.2, 0) is 4.79 Å². The summed E-state index contributed by atoms with van der Waals surface area (Å²) >= 11 is 0. The molecule has 5 nitrogen and oxygen atoms in total. The van der Waals surface area contributed by atoms with Crippen LogP contribution in [0, 0.1) is 37.0 Å². The number of aryl methyl sites for hydroxylation is 1. The van der Waals surface area contributed by atoms with Gasteiger partial charge in [-0.3, -0.25) is 4.79 Å². The van der Waals surface area contributed by atoms with Crippen LogP contribution in [0.3, 0.4) is 0 Å². The third-order valence-corrected chi connectivity index (χ3v) is 7.43. The average Bonchev–Trinajstić information content (AvgIpc) is 2.95. The number of benzene rings is 1. The van der Waals surface area contributed by atoms with E-state index in [1.54, 1.807) is 6.21 Å². The fourth-order valence-corrected chi connectivity index (χ4v) is 6.72. The second kappa shape index (κ2) is 7.12. The molecular weight excluding hydrogens is 360 g/mol. The van der Waals surface area contributed by atoms with Crippen LogP contribution in [0.25, 0.3) is 5.69 Å². The Morgan fingerprint density at radius 1 is 1.14 bits per heavy atom. The number of nitrogens with one attached hydrogen (secondary N) is 1. The van der Waals surface area contributed by atoms with E-state index in [0.29, 0.717) is 6.42 Å². The lowest BCUT2D eigenvalue weighted by atomic mass is 9.49. The van der Waals surface area contributed by atoms with Crippen molar-refractivity contribution in [3.05, 3.63) is 47.3 Å². The Labute approximate surface area is 172 Å². The topological polar surface area (TPSA) is 59.3 Å². The minimum atomic E-state index is 0.0638. The van der Waals surface area contributed by atoms with Gasteiger partial charge in [-0.1, -0.05) is 18.2 Å². The van der Waals surface area contributed by atoms with Crippen molar-refractivity contribution in [1.82, 2.24) is 15.2 Å². The number of para-hydroxylation sites is 1. The van der Waals surface area contributed by atoms with Gasteiger partial charge in [-0.05, 0) is 87.7 Å². The smallest absolute Gasteiger partial charge is 0.240 e. The highest BCUT2D eigenvalue weighted by molar-refractivity contribution is 5.85. The summed E-state index contributed by atoms with van der Waals surface area (Å²) in [5.74, 6) is 2.67. The Balaban J connectivity index is 1.25. The van der Waals surface area contributed by atoms with Gasteiger partial charge in [-0.25, -0.2) is 10.1 Å². The second-order valence-electron chi connectivity index (χ2n) is 9.72. The fourth-order valence-electron chi connectivity index (χ4n) is 6.72. The highest BCUT2D eigenvalue weighted by Gasteiger charge is 2.51. The molecule has 0 atom stereocenters. The van der Waals surface area contributed by atoms with Crippen LogP contribution in [0.1, 0.15) is 61.9 Å². The molecule has 1 heterocycles. The van der Waals surface area contributed by atoms with Crippen LogP contribution in [0.4, 0.5) is 0 Å². The number of rotatable bonds is 5. The van der Waals surface area contributed by atoms with Crippen LogP contribution in [-0.4, -0.2) is 21.9 Å². The number of hydrogen-bond donors (Lipinski definition) is 1. The zero-order chi connectivity index (χ0) is 20.0. The molecule has 0 spiro atoms. The van der Waals surface area contributed by atoms with Gasteiger partial charge < -0.3 is 0 Å². The van der Waals surface area contributed by atoms with Crippen LogP contribution >= 0.6 is 0 Å². The van der Waals surface area contributed by atoms with E-state index in [2.05, 4.69) is 15.6 Å². The normalized spacial score (nSPS) is 30.2. The maximum Gasteiger partial charge on any atom is 0.240 e. The molecule has 0 saturated heterocycles. The summed E-state index contributed by atoms with van der Waals surface area (Å²) in [7, 11) is 0. The van der Waals surface area contributed by atoms with E-state index in [4.69, 9.17) is 0 Å². The Morgan fingerprint density at radius 3 is 2.38 bits per heavy atom. The summed E-state index contributed by atoms with van der Waals surface area (Å²) in [5, 5.41) is 8.93. The lowest BCUT2D eigenvalue weighted by molar-refractivity contribution is -0.129. The quantitative estimate of drug-likeness (QED) is 0.602. The Bertz CT molecular complexity index is 908. The zero-order valence-electron chi connectivity index (χ0n) is 17.4. The molecule has 0 radical (unpaired) electrons. The molecule has 2 aromatic rings. The van der Waals surface area contributed by atoms with Gasteiger partial charge in [0.2, 0.25) is 5.91 Å². The molecule has 4 aliphatic rings. The predicted molar refractivity (Wildman–Crippen MR) is 114 cm³/mol. The minimum Gasteiger partial charge on any atom is -0.273 e. The van der Waals surface area contributed by atoms with Gasteiger partial charge in [-0.2, -0.15) is 10.2 Å². The Hall–Kier alpha value is -2.43. The monoisotopic (exact) mass is 390 g/mol. The van der Waals surface area contributed by atoms with Gasteiger partial charge in [0.05, 0.1) is 23.3 Å². The van der Waals surface area contributed by atoms with Crippen molar-refractivity contribution in [2.24, 2.45) is 28.3 Å². The minimum absolute atomic E-state index is 0.0638. The molecule has 1 aromatic carbocycles. The molecule has 29 heavy (non-hydrogen) atoms. The van der Waals surface area contributed by atoms with Crippen LogP contribution in [0.15, 0.2) is 35.4 Å². The maximum absolute atomic E-state index is 12.7. The third kappa shape index (κ3) is 3.52. The molecule has 5 heteroatoms. The van der Waals surface area contributed by atoms with Gasteiger partial charge in [0.1, 0.15) is 0 Å². The maximum atomic E-state index is 12.7. The first-order valence-corrected chi connectivity index (χ1v) is 10.9. The summed E-state index contributed by atoms with van der Waals surface area (Å²) in [6, 6.07) is 10.1. The summed E-state index contributed by atoms with van der Waals surface area (Å²) in [5.41, 5.74) is 6.97. The van der Waals surface area contributed by atoms with Gasteiger partial charge in [0.15, 0.2) is 0 Å². The van der Waals surface area contributed by atoms with Crippen molar-refractivity contribution < 1.29 is 4.79 Å². The molecule has 1 aromatic heterocycles. The highest BCUT2D eigenvalue weighted by Crippen LogP contribution is 2.61. The molecule has 4 saturated carbocycles. The first kappa shape index (κ1) is 18.6. The van der Waals surface area contributed by atoms with Crippen molar-refractivity contribution in [3.63, 3.8) is 0 Å². The number of hydrogen-bond acceptors (Lipinski definition) is 3. The zero-order valence-corrected chi connectivity index (χ0v) is 17.4. The fraction of sp³-hybridized carbons (Fsp3) is 0.542. The lowest BCUT2D eigenvalue weighted by Gasteiger charge is -2.56. The Morgan fingerprint density at radius 2 is 1.76 bits per heavy atom. The van der Waals surface area contributed by atoms with Gasteiger partial charge >= 0.3 is 0 Å². The molecular formula is C24H30N4O. The standard InChI is InChI=1S/C24H30N4O/c1-16-22(17(2)28(27-16)21-6-4-3-5-7-21)15-25-26-23(29)14-24-11-18-8-19(12-24)10-20(9-18)13-24/h3-7,15,18-20H,8-14H2,1-2H3,(H,26,29)/b25-15-. The van der Waals surface area contributed by atoms with Gasteiger partial charge in [-0.15, -0.1) is 0 Å². The van der Waals surface area contributed by atoms with E-state index in [-0.39, 0.29) is 11.3 Å². The number of hydrazone groups is 1.